The molecule has 7 aromatic rings. The number of likely N-dealkylation sites (tertiary alicyclic amines) is 1. The second kappa shape index (κ2) is 20.1. The molecule has 0 spiro atoms. The van der Waals surface area contributed by atoms with Crippen LogP contribution in [0.2, 0.25) is 5.02 Å². The molecule has 8 heterocycles. The van der Waals surface area contributed by atoms with Crippen molar-refractivity contribution in [2.45, 2.75) is 69.6 Å². The van der Waals surface area contributed by atoms with Gasteiger partial charge < -0.3 is 44.0 Å². The van der Waals surface area contributed by atoms with E-state index in [2.05, 4.69) is 85.5 Å². The van der Waals surface area contributed by atoms with Gasteiger partial charge in [0.05, 0.1) is 60.6 Å². The molecule has 2 unspecified atom stereocenters. The molecule has 4 aromatic heterocycles. The molecule has 18 nitrogen and oxygen atoms in total. The smallest absolute Gasteiger partial charge is 0.318 e. The van der Waals surface area contributed by atoms with Crippen LogP contribution in [0.15, 0.2) is 66.9 Å². The molecule has 3 aromatic carbocycles. The predicted octanol–water partition coefficient (Wildman–Crippen LogP) is 6.73. The van der Waals surface area contributed by atoms with Crippen LogP contribution in [-0.2, 0) is 24.3 Å². The number of halogens is 3. The molecular weight excluding hydrogens is 978 g/mol. The first-order valence-corrected chi connectivity index (χ1v) is 26.4. The van der Waals surface area contributed by atoms with Gasteiger partial charge in [0.1, 0.15) is 23.8 Å². The number of benzene rings is 3. The summed E-state index contributed by atoms with van der Waals surface area (Å²) in [4.78, 5) is 57.9. The van der Waals surface area contributed by atoms with E-state index in [0.717, 1.165) is 90.5 Å². The van der Waals surface area contributed by atoms with Crippen LogP contribution in [0, 0.1) is 23.0 Å². The molecule has 0 bridgehead atoms. The Bertz CT molecular complexity index is 3380. The number of hydrogen-bond acceptors (Lipinski definition) is 15. The van der Waals surface area contributed by atoms with E-state index in [1.807, 2.05) is 23.2 Å². The number of likely N-dealkylation sites (N-methyl/N-ethyl adjacent to an activating group) is 2. The third kappa shape index (κ3) is 9.50. The van der Waals surface area contributed by atoms with Gasteiger partial charge in [-0.25, -0.2) is 13.8 Å². The number of carbonyl (C=O) groups is 1. The van der Waals surface area contributed by atoms with Gasteiger partial charge in [0.15, 0.2) is 17.3 Å². The highest BCUT2D eigenvalue weighted by Gasteiger charge is 2.37. The van der Waals surface area contributed by atoms with E-state index in [1.54, 1.807) is 9.42 Å². The zero-order valence-corrected chi connectivity index (χ0v) is 43.0. The molecule has 75 heavy (non-hydrogen) atoms. The van der Waals surface area contributed by atoms with Gasteiger partial charge in [-0.1, -0.05) is 42.4 Å². The van der Waals surface area contributed by atoms with Crippen molar-refractivity contribution in [2.24, 2.45) is 0 Å². The van der Waals surface area contributed by atoms with Gasteiger partial charge in [0.2, 0.25) is 11.9 Å². The van der Waals surface area contributed by atoms with Gasteiger partial charge in [0, 0.05) is 86.2 Å². The SMILES string of the molecule is C=C(CN(Cc1nc2c(F)c(F)ccc2[nH]1)c1nc(N2CCN(C)CC2)nc2c(C3CC3)cnn12)C(=O)N1CCN(c2nc(OCC3CCCN3C)nc3c2CCN(c2cccc4cccc(Cl)c24)C3)CC1CC#N. The molecule has 2 atom stereocenters. The van der Waals surface area contributed by atoms with Crippen molar-refractivity contribution in [3.05, 3.63) is 106 Å². The minimum Gasteiger partial charge on any atom is -0.462 e. The molecule has 1 aliphatic carbocycles. The van der Waals surface area contributed by atoms with E-state index in [-0.39, 0.29) is 49.1 Å². The first kappa shape index (κ1) is 48.7. The Balaban J connectivity index is 0.846. The second-order valence-corrected chi connectivity index (χ2v) is 21.1. The minimum atomic E-state index is -1.05. The van der Waals surface area contributed by atoms with E-state index in [9.17, 15) is 9.65 Å². The summed E-state index contributed by atoms with van der Waals surface area (Å²) in [6, 6.07) is 17.1. The molecule has 4 aliphatic heterocycles. The van der Waals surface area contributed by atoms with Crippen molar-refractivity contribution in [1.82, 2.24) is 54.2 Å². The van der Waals surface area contributed by atoms with Gasteiger partial charge in [-0.3, -0.25) is 4.79 Å². The number of aromatic nitrogens is 8. The summed E-state index contributed by atoms with van der Waals surface area (Å²) in [5, 5.41) is 17.9. The maximum absolute atomic E-state index is 15.1. The number of fused-ring (bicyclic) bond motifs is 4. The summed E-state index contributed by atoms with van der Waals surface area (Å²) in [5.41, 5.74) is 5.06. The predicted molar refractivity (Wildman–Crippen MR) is 284 cm³/mol. The third-order valence-corrected chi connectivity index (χ3v) is 16.0. The van der Waals surface area contributed by atoms with E-state index < -0.39 is 17.7 Å². The van der Waals surface area contributed by atoms with E-state index in [4.69, 9.17) is 41.4 Å². The Morgan fingerprint density at radius 3 is 2.52 bits per heavy atom. The fourth-order valence-electron chi connectivity index (χ4n) is 11.3. The monoisotopic (exact) mass is 1040 g/mol. The quantitative estimate of drug-likeness (QED) is 0.114. The fraction of sp³-hybridized carbons (Fsp3) is 0.444. The summed E-state index contributed by atoms with van der Waals surface area (Å²) in [6.45, 7) is 11.2. The average molecular weight is 1040 g/mol. The van der Waals surface area contributed by atoms with Crippen molar-refractivity contribution < 1.29 is 18.3 Å². The largest absolute Gasteiger partial charge is 0.462 e. The molecule has 1 amide bonds. The summed E-state index contributed by atoms with van der Waals surface area (Å²) < 4.78 is 37.8. The van der Waals surface area contributed by atoms with Crippen molar-refractivity contribution in [1.29, 1.82) is 5.26 Å². The first-order valence-electron chi connectivity index (χ1n) is 26.0. The maximum Gasteiger partial charge on any atom is 0.318 e. The van der Waals surface area contributed by atoms with E-state index in [1.165, 1.54) is 6.07 Å². The molecule has 21 heteroatoms. The molecule has 388 valence electrons. The van der Waals surface area contributed by atoms with Crippen LogP contribution in [0.25, 0.3) is 27.5 Å². The number of ether oxygens (including phenoxy) is 1. The first-order chi connectivity index (χ1) is 36.5. The number of anilines is 4. The van der Waals surface area contributed by atoms with Crippen LogP contribution in [0.4, 0.5) is 32.2 Å². The topological polar surface area (TPSA) is 170 Å². The number of rotatable bonds is 14. The van der Waals surface area contributed by atoms with Crippen molar-refractivity contribution in [3.63, 3.8) is 0 Å². The highest BCUT2D eigenvalue weighted by molar-refractivity contribution is 6.36. The van der Waals surface area contributed by atoms with Gasteiger partial charge in [0.25, 0.3) is 5.91 Å². The molecule has 1 N–H and O–H groups in total. The molecule has 3 saturated heterocycles. The number of amides is 1. The average Bonchev–Trinajstić information content (AvgIpc) is 3.81. The van der Waals surface area contributed by atoms with Crippen LogP contribution < -0.4 is 24.3 Å². The van der Waals surface area contributed by atoms with E-state index >= 15 is 9.18 Å². The molecule has 1 saturated carbocycles. The van der Waals surface area contributed by atoms with E-state index in [0.29, 0.717) is 98.1 Å². The summed E-state index contributed by atoms with van der Waals surface area (Å²) >= 11 is 6.84. The fourth-order valence-corrected chi connectivity index (χ4v) is 11.6. The van der Waals surface area contributed by atoms with Gasteiger partial charge in [-0.05, 0) is 88.3 Å². The number of nitriles is 1. The number of imidazole rings is 1. The third-order valence-electron chi connectivity index (χ3n) is 15.7. The van der Waals surface area contributed by atoms with Crippen LogP contribution in [0.1, 0.15) is 60.7 Å². The number of H-pyrrole nitrogens is 1. The van der Waals surface area contributed by atoms with Crippen LogP contribution in [0.3, 0.4) is 0 Å². The maximum atomic E-state index is 15.1. The number of hydrogen-bond donors (Lipinski definition) is 1. The Morgan fingerprint density at radius 1 is 0.920 bits per heavy atom. The lowest BCUT2D eigenvalue weighted by atomic mass is 10.0. The molecule has 5 aliphatic rings. The summed E-state index contributed by atoms with van der Waals surface area (Å²) in [6.07, 6.45) is 6.78. The number of nitrogens with one attached hydrogen (secondary N) is 1. The molecular formula is C54H59ClF2N16O2. The number of aromatic amines is 1. The van der Waals surface area contributed by atoms with Gasteiger partial charge in [-0.15, -0.1) is 0 Å². The van der Waals surface area contributed by atoms with Crippen molar-refractivity contribution in [3.8, 4) is 12.1 Å². The molecule has 4 fully saturated rings. The second-order valence-electron chi connectivity index (χ2n) is 20.7. The zero-order valence-electron chi connectivity index (χ0n) is 42.2. The zero-order chi connectivity index (χ0) is 51.5. The lowest BCUT2D eigenvalue weighted by molar-refractivity contribution is -0.129. The van der Waals surface area contributed by atoms with Gasteiger partial charge in [-0.2, -0.15) is 34.8 Å². The minimum absolute atomic E-state index is 0.00950. The number of nitrogens with zero attached hydrogens (tertiary/aromatic N) is 15. The van der Waals surface area contributed by atoms with Crippen LogP contribution in [-0.4, -0.2) is 158 Å². The Kier molecular flexibility index (Phi) is 13.1. The molecule has 0 radical (unpaired) electrons. The highest BCUT2D eigenvalue weighted by atomic mass is 35.5. The normalized spacial score (nSPS) is 19.6. The molecule has 12 rings (SSSR count). The summed E-state index contributed by atoms with van der Waals surface area (Å²) in [5.74, 6) is -0.0382. The Hall–Kier alpha value is -7.21. The lowest BCUT2D eigenvalue weighted by Gasteiger charge is -2.43. The van der Waals surface area contributed by atoms with Crippen LogP contribution in [0.5, 0.6) is 6.01 Å². The van der Waals surface area contributed by atoms with Gasteiger partial charge >= 0.3 is 6.01 Å². The van der Waals surface area contributed by atoms with Crippen molar-refractivity contribution in [2.75, 3.05) is 106 Å². The van der Waals surface area contributed by atoms with Crippen LogP contribution >= 0.6 is 11.6 Å². The number of piperazine rings is 2. The number of carbonyl (C=O) groups excluding carboxylic acids is 1. The standard InChI is InChI=1S/C54H59ClF2N16O2/c1-33(28-71(31-45-60-42-15-14-41(56)47(57)48(42)62-45)54-65-52(68-23-21-66(2)22-24-68)63-50-39(34-12-13-34)27-59-73(50)54)51(74)72-26-25-70(29-36(72)16-18-58)49-38-17-20-69(44-11-5-8-35-7-4-10-40(55)46(35)44)30-43(38)61-53(64-49)75-32-37-9-6-19-67(37)3/h4-5,7-8,10-11,14-15,27,34,36-37H,1,6,9,12-13,16-17,19-26,28-32H2,2-3H3,(H,60,62). The highest BCUT2D eigenvalue weighted by Crippen LogP contribution is 2.43. The Morgan fingerprint density at radius 2 is 1.73 bits per heavy atom. The van der Waals surface area contributed by atoms with Crippen molar-refractivity contribution >= 4 is 68.4 Å². The lowest BCUT2D eigenvalue weighted by Crippen LogP contribution is -2.56. The Labute approximate surface area is 438 Å². The summed E-state index contributed by atoms with van der Waals surface area (Å²) in [7, 11) is 4.21.